The van der Waals surface area contributed by atoms with Crippen LogP contribution in [-0.4, -0.2) is 73.7 Å². The maximum Gasteiger partial charge on any atom is 0.328 e. The summed E-state index contributed by atoms with van der Waals surface area (Å²) in [4.78, 5) is 63.9. The van der Waals surface area contributed by atoms with Crippen LogP contribution in [0.15, 0.2) is 73.3 Å². The molecule has 14 nitrogen and oxygen atoms in total. The lowest BCUT2D eigenvalue weighted by molar-refractivity contribution is -0.155. The number of carboxylic acid groups (broad SMARTS) is 1. The van der Waals surface area contributed by atoms with E-state index in [4.69, 9.17) is 9.84 Å². The van der Waals surface area contributed by atoms with Crippen molar-refractivity contribution in [3.05, 3.63) is 107 Å². The van der Waals surface area contributed by atoms with Gasteiger partial charge in [0.1, 0.15) is 41.7 Å². The standard InChI is InChI=1S/C21H24N4O3.C17H16N4O3/c1-14(26)20-16-12-15(7-9-18-22-10-5-11-23-18)6-8-17(16)25(24-20)13-19(27)28-21(2,3)4;1-11(22)17-13-9-12(4-6-15-18-7-2-8-19-15)3-5-14(13)21(20-17)10-16(23)24/h5-6,8,10-12H,7,9,13H2,1-4H3;2-3,5,7-9H,4,6,10H2,1H3,(H,23,24). The van der Waals surface area contributed by atoms with Crippen LogP contribution in [0.3, 0.4) is 0 Å². The molecule has 0 unspecified atom stereocenters. The number of carboxylic acids is 1. The van der Waals surface area contributed by atoms with Crippen molar-refractivity contribution in [3.8, 4) is 0 Å². The predicted octanol–water partition coefficient (Wildman–Crippen LogP) is 5.05. The minimum atomic E-state index is -1.00. The second-order valence-electron chi connectivity index (χ2n) is 13.1. The van der Waals surface area contributed by atoms with Crippen molar-refractivity contribution >= 4 is 45.3 Å². The van der Waals surface area contributed by atoms with Gasteiger partial charge in [0.2, 0.25) is 0 Å². The molecule has 52 heavy (non-hydrogen) atoms. The molecule has 0 aliphatic carbocycles. The zero-order valence-corrected chi connectivity index (χ0v) is 29.7. The lowest BCUT2D eigenvalue weighted by Crippen LogP contribution is -2.26. The van der Waals surface area contributed by atoms with E-state index in [0.29, 0.717) is 35.1 Å². The van der Waals surface area contributed by atoms with E-state index in [1.54, 1.807) is 43.0 Å². The first-order valence-electron chi connectivity index (χ1n) is 16.7. The van der Waals surface area contributed by atoms with Crippen LogP contribution in [0, 0.1) is 0 Å². The van der Waals surface area contributed by atoms with Crippen LogP contribution in [-0.2, 0) is 53.1 Å². The lowest BCUT2D eigenvalue weighted by atomic mass is 10.0. The summed E-state index contributed by atoms with van der Waals surface area (Å²) in [6, 6.07) is 15.0. The van der Waals surface area contributed by atoms with Gasteiger partial charge in [-0.15, -0.1) is 0 Å². The van der Waals surface area contributed by atoms with E-state index >= 15 is 0 Å². The molecule has 0 aliphatic rings. The van der Waals surface area contributed by atoms with Crippen molar-refractivity contribution in [3.63, 3.8) is 0 Å². The first-order valence-corrected chi connectivity index (χ1v) is 16.7. The Bertz CT molecular complexity index is 2220. The number of carbonyl (C=O) groups excluding carboxylic acids is 3. The highest BCUT2D eigenvalue weighted by Crippen LogP contribution is 2.24. The van der Waals surface area contributed by atoms with Crippen molar-refractivity contribution in [2.24, 2.45) is 0 Å². The minimum absolute atomic E-state index is 0.0434. The maximum atomic E-state index is 12.2. The zero-order valence-electron chi connectivity index (χ0n) is 29.7. The van der Waals surface area contributed by atoms with Gasteiger partial charge >= 0.3 is 11.9 Å². The Morgan fingerprint density at radius 1 is 0.654 bits per heavy atom. The molecular weight excluding hydrogens is 664 g/mol. The van der Waals surface area contributed by atoms with Crippen LogP contribution in [0.25, 0.3) is 21.8 Å². The summed E-state index contributed by atoms with van der Waals surface area (Å²) in [7, 11) is 0. The van der Waals surface area contributed by atoms with Gasteiger partial charge in [-0.25, -0.2) is 19.9 Å². The molecule has 4 heterocycles. The number of hydrogen-bond acceptors (Lipinski definition) is 11. The number of carbonyl (C=O) groups is 4. The van der Waals surface area contributed by atoms with E-state index in [0.717, 1.165) is 46.5 Å². The van der Waals surface area contributed by atoms with Gasteiger partial charge in [0, 0.05) is 62.2 Å². The number of ketones is 2. The molecule has 6 aromatic rings. The van der Waals surface area contributed by atoms with Gasteiger partial charge in [0.25, 0.3) is 0 Å². The lowest BCUT2D eigenvalue weighted by Gasteiger charge is -2.19. The van der Waals surface area contributed by atoms with Crippen LogP contribution in [0.2, 0.25) is 0 Å². The van der Waals surface area contributed by atoms with E-state index in [-0.39, 0.29) is 24.7 Å². The van der Waals surface area contributed by atoms with Crippen LogP contribution in [0.5, 0.6) is 0 Å². The summed E-state index contributed by atoms with van der Waals surface area (Å²) in [5, 5.41) is 18.9. The topological polar surface area (TPSA) is 185 Å². The highest BCUT2D eigenvalue weighted by Gasteiger charge is 2.21. The molecule has 0 radical (unpaired) electrons. The smallest absolute Gasteiger partial charge is 0.328 e. The number of nitrogens with zero attached hydrogens (tertiary/aromatic N) is 8. The number of fused-ring (bicyclic) bond motifs is 2. The molecule has 0 atom stereocenters. The van der Waals surface area contributed by atoms with Gasteiger partial charge in [0.15, 0.2) is 11.6 Å². The van der Waals surface area contributed by atoms with Crippen molar-refractivity contribution in [1.82, 2.24) is 39.5 Å². The van der Waals surface area contributed by atoms with Crippen LogP contribution >= 0.6 is 0 Å². The van der Waals surface area contributed by atoms with Gasteiger partial charge in [0.05, 0.1) is 11.0 Å². The Labute approximate surface area is 299 Å². The van der Waals surface area contributed by atoms with Gasteiger partial charge < -0.3 is 9.84 Å². The van der Waals surface area contributed by atoms with E-state index in [2.05, 4.69) is 30.1 Å². The Morgan fingerprint density at radius 2 is 1.08 bits per heavy atom. The number of ether oxygens (including phenoxy) is 1. The molecule has 0 saturated carbocycles. The number of aryl methyl sites for hydroxylation is 4. The van der Waals surface area contributed by atoms with E-state index in [9.17, 15) is 19.2 Å². The minimum Gasteiger partial charge on any atom is -0.480 e. The summed E-state index contributed by atoms with van der Waals surface area (Å²) in [6.07, 6.45) is 9.71. The molecule has 1 N–H and O–H groups in total. The maximum absolute atomic E-state index is 12.2. The van der Waals surface area contributed by atoms with Crippen molar-refractivity contribution < 1.29 is 29.0 Å². The quantitative estimate of drug-likeness (QED) is 0.132. The fourth-order valence-corrected chi connectivity index (χ4v) is 5.58. The largest absolute Gasteiger partial charge is 0.480 e. The number of hydrogen-bond donors (Lipinski definition) is 1. The van der Waals surface area contributed by atoms with E-state index in [1.807, 2.05) is 51.1 Å². The third-order valence-electron chi connectivity index (χ3n) is 7.79. The number of benzene rings is 2. The first kappa shape index (κ1) is 37.1. The molecule has 268 valence electrons. The molecule has 0 spiro atoms. The van der Waals surface area contributed by atoms with Crippen molar-refractivity contribution in [1.29, 1.82) is 0 Å². The number of esters is 1. The molecule has 0 bridgehead atoms. The average molecular weight is 705 g/mol. The number of Topliss-reactive ketones (excluding diaryl/α,β-unsaturated/α-hetero) is 2. The summed E-state index contributed by atoms with van der Waals surface area (Å²) >= 11 is 0. The van der Waals surface area contributed by atoms with Crippen molar-refractivity contribution in [2.75, 3.05) is 0 Å². The third-order valence-corrected chi connectivity index (χ3v) is 7.79. The van der Waals surface area contributed by atoms with Crippen LogP contribution in [0.1, 0.15) is 78.4 Å². The van der Waals surface area contributed by atoms with Gasteiger partial charge in [-0.1, -0.05) is 12.1 Å². The van der Waals surface area contributed by atoms with E-state index in [1.165, 1.54) is 23.2 Å². The SMILES string of the molecule is CC(=O)c1nn(CC(=O)O)c2ccc(CCc3ncccn3)cc12.CC(=O)c1nn(CC(=O)OC(C)(C)C)c2ccc(CCc3ncccn3)cc12. The summed E-state index contributed by atoms with van der Waals surface area (Å²) < 4.78 is 8.25. The Hall–Kier alpha value is -6.18. The van der Waals surface area contributed by atoms with Crippen LogP contribution < -0.4 is 0 Å². The molecule has 0 saturated heterocycles. The first-order chi connectivity index (χ1) is 24.8. The number of rotatable bonds is 12. The number of aromatic nitrogens is 8. The molecule has 2 aromatic carbocycles. The summed E-state index contributed by atoms with van der Waals surface area (Å²) in [6.45, 7) is 8.03. The molecular formula is C38H40N8O6. The Balaban J connectivity index is 0.000000203. The second-order valence-corrected chi connectivity index (χ2v) is 13.1. The van der Waals surface area contributed by atoms with Gasteiger partial charge in [-0.3, -0.25) is 28.5 Å². The monoisotopic (exact) mass is 704 g/mol. The third kappa shape index (κ3) is 9.74. The average Bonchev–Trinajstić information content (AvgIpc) is 3.64. The summed E-state index contributed by atoms with van der Waals surface area (Å²) in [5.74, 6) is -0.192. The normalized spacial score (nSPS) is 11.2. The molecule has 4 aromatic heterocycles. The Morgan fingerprint density at radius 3 is 1.46 bits per heavy atom. The molecule has 0 fully saturated rings. The second kappa shape index (κ2) is 16.2. The van der Waals surface area contributed by atoms with Gasteiger partial charge in [-0.05, 0) is 81.1 Å². The molecule has 0 amide bonds. The fraction of sp³-hybridized carbons (Fsp3) is 0.316. The van der Waals surface area contributed by atoms with Crippen molar-refractivity contribution in [2.45, 2.75) is 79.0 Å². The highest BCUT2D eigenvalue weighted by molar-refractivity contribution is 6.06. The predicted molar refractivity (Wildman–Crippen MR) is 192 cm³/mol. The summed E-state index contributed by atoms with van der Waals surface area (Å²) in [5.41, 5.74) is 3.53. The van der Waals surface area contributed by atoms with Crippen LogP contribution in [0.4, 0.5) is 0 Å². The highest BCUT2D eigenvalue weighted by atomic mass is 16.6. The molecule has 6 rings (SSSR count). The Kier molecular flexibility index (Phi) is 11.6. The van der Waals surface area contributed by atoms with E-state index < -0.39 is 17.5 Å². The fourth-order valence-electron chi connectivity index (χ4n) is 5.58. The zero-order chi connectivity index (χ0) is 37.4. The molecule has 14 heteroatoms. The number of aliphatic carboxylic acids is 1. The van der Waals surface area contributed by atoms with Gasteiger partial charge in [-0.2, -0.15) is 10.2 Å². The molecule has 0 aliphatic heterocycles.